The number of nitrogens with zero attached hydrogens (tertiary/aromatic N) is 1. The van der Waals surface area contributed by atoms with E-state index in [9.17, 15) is 10.2 Å². The van der Waals surface area contributed by atoms with Crippen LogP contribution in [0, 0.1) is 0 Å². The van der Waals surface area contributed by atoms with E-state index < -0.39 is 12.2 Å². The second kappa shape index (κ2) is 4.78. The number of aliphatic hydroxyl groups excluding tert-OH is 2. The fourth-order valence-electron chi connectivity index (χ4n) is 1.88. The van der Waals surface area contributed by atoms with Crippen LogP contribution in [-0.4, -0.2) is 40.5 Å². The number of benzene rings is 1. The number of β-amino-alcohol motifs (C(OH)–C–C–N with tert-alkyl or cyclic N) is 2. The van der Waals surface area contributed by atoms with Gasteiger partial charge in [0.1, 0.15) is 4.99 Å². The van der Waals surface area contributed by atoms with E-state index in [-0.39, 0.29) is 0 Å². The molecule has 0 aromatic heterocycles. The van der Waals surface area contributed by atoms with E-state index in [4.69, 9.17) is 29.6 Å². The molecule has 1 aromatic carbocycles. The summed E-state index contributed by atoms with van der Waals surface area (Å²) in [6.45, 7) is 0.737. The summed E-state index contributed by atoms with van der Waals surface area (Å²) in [4.78, 5) is 2.13. The first-order valence-corrected chi connectivity index (χ1v) is 5.98. The van der Waals surface area contributed by atoms with E-state index in [0.29, 0.717) is 28.7 Å². The van der Waals surface area contributed by atoms with E-state index in [0.717, 1.165) is 5.69 Å². The highest BCUT2D eigenvalue weighted by Crippen LogP contribution is 2.29. The smallest absolute Gasteiger partial charge is 0.104 e. The van der Waals surface area contributed by atoms with Crippen LogP contribution in [-0.2, 0) is 0 Å². The Morgan fingerprint density at radius 3 is 2.41 bits per heavy atom. The standard InChI is InChI=1S/C11H13ClN2O2S/c12-7-3-6(11(13)17)1-2-8(7)14-4-9(15)10(16)5-14/h1-3,9-10,15-16H,4-5H2,(H2,13,17). The molecular formula is C11H13ClN2O2S. The van der Waals surface area contributed by atoms with Crippen molar-refractivity contribution in [2.75, 3.05) is 18.0 Å². The van der Waals surface area contributed by atoms with Gasteiger partial charge < -0.3 is 20.8 Å². The van der Waals surface area contributed by atoms with Crippen LogP contribution < -0.4 is 10.6 Å². The van der Waals surface area contributed by atoms with Crippen LogP contribution in [0.1, 0.15) is 5.56 Å². The lowest BCUT2D eigenvalue weighted by molar-refractivity contribution is 0.0572. The Hall–Kier alpha value is -0.880. The summed E-state index contributed by atoms with van der Waals surface area (Å²) in [6.07, 6.45) is -1.47. The van der Waals surface area contributed by atoms with Gasteiger partial charge in [0.15, 0.2) is 0 Å². The van der Waals surface area contributed by atoms with Gasteiger partial charge >= 0.3 is 0 Å². The predicted molar refractivity (Wildman–Crippen MR) is 71.6 cm³/mol. The zero-order valence-corrected chi connectivity index (χ0v) is 10.6. The van der Waals surface area contributed by atoms with Crippen molar-refractivity contribution in [2.24, 2.45) is 5.73 Å². The number of rotatable bonds is 2. The molecule has 0 amide bonds. The molecule has 2 atom stereocenters. The van der Waals surface area contributed by atoms with Gasteiger partial charge in [-0.05, 0) is 18.2 Å². The molecule has 17 heavy (non-hydrogen) atoms. The first kappa shape index (κ1) is 12.6. The highest BCUT2D eigenvalue weighted by molar-refractivity contribution is 7.80. The van der Waals surface area contributed by atoms with Crippen LogP contribution >= 0.6 is 23.8 Å². The van der Waals surface area contributed by atoms with Crippen LogP contribution in [0.4, 0.5) is 5.69 Å². The fourth-order valence-corrected chi connectivity index (χ4v) is 2.31. The van der Waals surface area contributed by atoms with Gasteiger partial charge in [-0.2, -0.15) is 0 Å². The molecule has 2 unspecified atom stereocenters. The highest BCUT2D eigenvalue weighted by Gasteiger charge is 2.30. The summed E-state index contributed by atoms with van der Waals surface area (Å²) in [7, 11) is 0. The van der Waals surface area contributed by atoms with Crippen LogP contribution in [0.25, 0.3) is 0 Å². The molecule has 0 radical (unpaired) electrons. The molecule has 4 nitrogen and oxygen atoms in total. The number of halogens is 1. The van der Waals surface area contributed by atoms with Crippen molar-refractivity contribution in [3.05, 3.63) is 28.8 Å². The molecule has 1 aliphatic heterocycles. The first-order chi connectivity index (χ1) is 7.99. The summed E-state index contributed by atoms with van der Waals surface area (Å²) < 4.78 is 0. The van der Waals surface area contributed by atoms with Crippen molar-refractivity contribution in [3.63, 3.8) is 0 Å². The minimum atomic E-state index is -0.735. The maximum absolute atomic E-state index is 9.49. The minimum Gasteiger partial charge on any atom is -0.389 e. The second-order valence-electron chi connectivity index (χ2n) is 4.07. The molecule has 92 valence electrons. The second-order valence-corrected chi connectivity index (χ2v) is 4.92. The molecule has 1 saturated heterocycles. The van der Waals surface area contributed by atoms with E-state index in [1.165, 1.54) is 0 Å². The number of anilines is 1. The molecule has 6 heteroatoms. The van der Waals surface area contributed by atoms with Gasteiger partial charge in [0.05, 0.1) is 22.9 Å². The Balaban J connectivity index is 2.26. The summed E-state index contributed by atoms with van der Waals surface area (Å²) in [5.74, 6) is 0. The van der Waals surface area contributed by atoms with Gasteiger partial charge in [-0.3, -0.25) is 0 Å². The average Bonchev–Trinajstić information content (AvgIpc) is 2.58. The lowest BCUT2D eigenvalue weighted by Gasteiger charge is -2.19. The van der Waals surface area contributed by atoms with Crippen molar-refractivity contribution in [1.29, 1.82) is 0 Å². The van der Waals surface area contributed by atoms with E-state index in [1.54, 1.807) is 18.2 Å². The van der Waals surface area contributed by atoms with Crippen molar-refractivity contribution < 1.29 is 10.2 Å². The highest BCUT2D eigenvalue weighted by atomic mass is 35.5. The molecule has 0 saturated carbocycles. The van der Waals surface area contributed by atoms with Gasteiger partial charge in [0.25, 0.3) is 0 Å². The van der Waals surface area contributed by atoms with Gasteiger partial charge in [-0.15, -0.1) is 0 Å². The van der Waals surface area contributed by atoms with Crippen molar-refractivity contribution in [3.8, 4) is 0 Å². The molecule has 0 aliphatic carbocycles. The monoisotopic (exact) mass is 272 g/mol. The quantitative estimate of drug-likeness (QED) is 0.685. The summed E-state index contributed by atoms with van der Waals surface area (Å²) in [6, 6.07) is 5.26. The zero-order valence-electron chi connectivity index (χ0n) is 9.01. The van der Waals surface area contributed by atoms with Crippen LogP contribution in [0.3, 0.4) is 0 Å². The first-order valence-electron chi connectivity index (χ1n) is 5.19. The number of thiocarbonyl (C=S) groups is 1. The maximum Gasteiger partial charge on any atom is 0.104 e. The Morgan fingerprint density at radius 2 is 1.94 bits per heavy atom. The van der Waals surface area contributed by atoms with Crippen molar-refractivity contribution in [1.82, 2.24) is 0 Å². The van der Waals surface area contributed by atoms with Gasteiger partial charge in [0.2, 0.25) is 0 Å². The molecule has 0 spiro atoms. The van der Waals surface area contributed by atoms with Crippen LogP contribution in [0.15, 0.2) is 18.2 Å². The SMILES string of the molecule is NC(=S)c1ccc(N2CC(O)C(O)C2)c(Cl)c1. The number of hydrogen-bond acceptors (Lipinski definition) is 4. The largest absolute Gasteiger partial charge is 0.389 e. The third-order valence-electron chi connectivity index (χ3n) is 2.83. The van der Waals surface area contributed by atoms with Crippen molar-refractivity contribution in [2.45, 2.75) is 12.2 Å². The third kappa shape index (κ3) is 2.52. The van der Waals surface area contributed by atoms with E-state index in [1.807, 2.05) is 4.90 Å². The van der Waals surface area contributed by atoms with Gasteiger partial charge in [0, 0.05) is 18.7 Å². The third-order valence-corrected chi connectivity index (χ3v) is 3.37. The van der Waals surface area contributed by atoms with Crippen LogP contribution in [0.5, 0.6) is 0 Å². The fraction of sp³-hybridized carbons (Fsp3) is 0.364. The number of aliphatic hydroxyl groups is 2. The molecule has 2 rings (SSSR count). The lowest BCUT2D eigenvalue weighted by Crippen LogP contribution is -2.22. The van der Waals surface area contributed by atoms with E-state index in [2.05, 4.69) is 0 Å². The normalized spacial score (nSPS) is 24.1. The Bertz CT molecular complexity index is 445. The topological polar surface area (TPSA) is 69.7 Å². The molecule has 4 N–H and O–H groups in total. The Labute approximate surface area is 110 Å². The number of hydrogen-bond donors (Lipinski definition) is 3. The van der Waals surface area contributed by atoms with Gasteiger partial charge in [-0.25, -0.2) is 0 Å². The van der Waals surface area contributed by atoms with Crippen LogP contribution in [0.2, 0.25) is 5.02 Å². The molecule has 1 heterocycles. The van der Waals surface area contributed by atoms with Crippen molar-refractivity contribution >= 4 is 34.5 Å². The molecule has 1 aromatic rings. The summed E-state index contributed by atoms with van der Waals surface area (Å²) in [5.41, 5.74) is 6.98. The minimum absolute atomic E-state index is 0.292. The Morgan fingerprint density at radius 1 is 1.35 bits per heavy atom. The average molecular weight is 273 g/mol. The molecule has 1 aliphatic rings. The molecule has 1 fully saturated rings. The molecule has 0 bridgehead atoms. The summed E-state index contributed by atoms with van der Waals surface area (Å²) in [5, 5.41) is 19.5. The van der Waals surface area contributed by atoms with Gasteiger partial charge in [-0.1, -0.05) is 23.8 Å². The number of nitrogens with two attached hydrogens (primary N) is 1. The van der Waals surface area contributed by atoms with E-state index >= 15 is 0 Å². The lowest BCUT2D eigenvalue weighted by atomic mass is 10.2. The molecular weight excluding hydrogens is 260 g/mol. The summed E-state index contributed by atoms with van der Waals surface area (Å²) >= 11 is 11.0. The predicted octanol–water partition coefficient (Wildman–Crippen LogP) is 0.516. The Kier molecular flexibility index (Phi) is 3.53. The maximum atomic E-state index is 9.49. The zero-order chi connectivity index (χ0) is 12.6.